The molecule has 0 aliphatic heterocycles. The summed E-state index contributed by atoms with van der Waals surface area (Å²) in [6.07, 6.45) is 0.459. The first-order valence-electron chi connectivity index (χ1n) is 9.00. The fraction of sp³-hybridized carbons (Fsp3) is 0.333. The number of carbonyl (C=O) groups is 2. The summed E-state index contributed by atoms with van der Waals surface area (Å²) in [5, 5.41) is 3.56. The molecule has 0 saturated heterocycles. The Labute approximate surface area is 175 Å². The Morgan fingerprint density at radius 2 is 1.89 bits per heavy atom. The molecule has 1 atom stereocenters. The molecule has 0 heterocycles. The van der Waals surface area contributed by atoms with Crippen LogP contribution in [0, 0.1) is 6.92 Å². The molecule has 2 amide bonds. The number of rotatable bonds is 8. The van der Waals surface area contributed by atoms with Crippen LogP contribution in [0.2, 0.25) is 10.0 Å². The lowest BCUT2D eigenvalue weighted by atomic mass is 10.1. The van der Waals surface area contributed by atoms with Gasteiger partial charge in [0.15, 0.2) is 6.61 Å². The van der Waals surface area contributed by atoms with Crippen molar-refractivity contribution in [1.29, 1.82) is 0 Å². The maximum absolute atomic E-state index is 13.0. The first-order valence-corrected chi connectivity index (χ1v) is 9.76. The lowest BCUT2D eigenvalue weighted by Gasteiger charge is -2.30. The lowest BCUT2D eigenvalue weighted by molar-refractivity contribution is -0.142. The van der Waals surface area contributed by atoms with E-state index in [4.69, 9.17) is 27.9 Å². The van der Waals surface area contributed by atoms with Gasteiger partial charge in [-0.2, -0.15) is 0 Å². The van der Waals surface area contributed by atoms with E-state index in [9.17, 15) is 9.59 Å². The molecule has 28 heavy (non-hydrogen) atoms. The fourth-order valence-corrected chi connectivity index (χ4v) is 3.33. The van der Waals surface area contributed by atoms with E-state index in [1.54, 1.807) is 31.3 Å². The van der Waals surface area contributed by atoms with Crippen LogP contribution in [0.25, 0.3) is 0 Å². The van der Waals surface area contributed by atoms with Gasteiger partial charge in [0.05, 0.1) is 0 Å². The Morgan fingerprint density at radius 3 is 2.50 bits per heavy atom. The van der Waals surface area contributed by atoms with Crippen molar-refractivity contribution in [3.05, 3.63) is 63.6 Å². The van der Waals surface area contributed by atoms with Crippen LogP contribution >= 0.6 is 23.2 Å². The van der Waals surface area contributed by atoms with Crippen LogP contribution in [0.1, 0.15) is 24.5 Å². The Hall–Kier alpha value is -2.24. The molecule has 0 radical (unpaired) electrons. The van der Waals surface area contributed by atoms with Crippen molar-refractivity contribution >= 4 is 35.0 Å². The Bertz CT molecular complexity index is 842. The zero-order chi connectivity index (χ0) is 20.7. The zero-order valence-electron chi connectivity index (χ0n) is 16.2. The van der Waals surface area contributed by atoms with E-state index in [1.165, 1.54) is 4.90 Å². The Kier molecular flexibility index (Phi) is 8.15. The van der Waals surface area contributed by atoms with Crippen molar-refractivity contribution in [3.8, 4) is 5.75 Å². The monoisotopic (exact) mass is 422 g/mol. The van der Waals surface area contributed by atoms with E-state index in [0.29, 0.717) is 27.8 Å². The number of carbonyl (C=O) groups excluding carboxylic acids is 2. The molecular weight excluding hydrogens is 399 g/mol. The molecule has 0 fully saturated rings. The standard InChI is InChI=1S/C21H24Cl2N2O3/c1-4-18(21(27)24-3)25(12-15-9-10-16(22)11-17(15)23)20(26)13-28-19-8-6-5-7-14(19)2/h5-11,18H,4,12-13H2,1-3H3,(H,24,27)/t18-/m0/s1. The molecule has 7 heteroatoms. The molecule has 0 aliphatic carbocycles. The van der Waals surface area contributed by atoms with Crippen molar-refractivity contribution < 1.29 is 14.3 Å². The topological polar surface area (TPSA) is 58.6 Å². The third-order valence-corrected chi connectivity index (χ3v) is 5.02. The molecule has 0 spiro atoms. The summed E-state index contributed by atoms with van der Waals surface area (Å²) in [4.78, 5) is 26.8. The van der Waals surface area contributed by atoms with Crippen LogP contribution < -0.4 is 10.1 Å². The predicted molar refractivity (Wildman–Crippen MR) is 112 cm³/mol. The van der Waals surface area contributed by atoms with Crippen LogP contribution in [-0.2, 0) is 16.1 Å². The van der Waals surface area contributed by atoms with Gasteiger partial charge in [-0.05, 0) is 42.7 Å². The predicted octanol–water partition coefficient (Wildman–Crippen LogP) is 4.23. The molecular formula is C21H24Cl2N2O3. The summed E-state index contributed by atoms with van der Waals surface area (Å²) in [6, 6.07) is 11.9. The average Bonchev–Trinajstić information content (AvgIpc) is 2.68. The number of hydrogen-bond acceptors (Lipinski definition) is 3. The summed E-state index contributed by atoms with van der Waals surface area (Å²) in [5.41, 5.74) is 1.64. The smallest absolute Gasteiger partial charge is 0.261 e. The van der Waals surface area contributed by atoms with Gasteiger partial charge < -0.3 is 15.0 Å². The number of likely N-dealkylation sites (N-methyl/N-ethyl adjacent to an activating group) is 1. The number of halogens is 2. The summed E-state index contributed by atoms with van der Waals surface area (Å²) in [7, 11) is 1.55. The number of nitrogens with zero attached hydrogens (tertiary/aromatic N) is 1. The largest absolute Gasteiger partial charge is 0.484 e. The number of aryl methyl sites for hydroxylation is 1. The molecule has 2 aromatic carbocycles. The van der Waals surface area contributed by atoms with E-state index < -0.39 is 6.04 Å². The van der Waals surface area contributed by atoms with Gasteiger partial charge in [0.1, 0.15) is 11.8 Å². The highest BCUT2D eigenvalue weighted by Gasteiger charge is 2.28. The Morgan fingerprint density at radius 1 is 1.18 bits per heavy atom. The number of nitrogens with one attached hydrogen (secondary N) is 1. The second kappa shape index (κ2) is 10.3. The van der Waals surface area contributed by atoms with Gasteiger partial charge in [0.2, 0.25) is 5.91 Å². The summed E-state index contributed by atoms with van der Waals surface area (Å²) in [5.74, 6) is 0.0925. The highest BCUT2D eigenvalue weighted by molar-refractivity contribution is 6.35. The second-order valence-electron chi connectivity index (χ2n) is 6.35. The quantitative estimate of drug-likeness (QED) is 0.691. The molecule has 150 valence electrons. The van der Waals surface area contributed by atoms with E-state index in [2.05, 4.69) is 5.32 Å². The minimum atomic E-state index is -0.635. The zero-order valence-corrected chi connectivity index (χ0v) is 17.7. The minimum absolute atomic E-state index is 0.177. The molecule has 1 N–H and O–H groups in total. The minimum Gasteiger partial charge on any atom is -0.484 e. The molecule has 2 rings (SSSR count). The van der Waals surface area contributed by atoms with E-state index in [0.717, 1.165) is 5.56 Å². The van der Waals surface area contributed by atoms with Crippen molar-refractivity contribution in [2.24, 2.45) is 0 Å². The van der Waals surface area contributed by atoms with Crippen LogP contribution in [0.3, 0.4) is 0 Å². The van der Waals surface area contributed by atoms with Crippen LogP contribution in [-0.4, -0.2) is 36.4 Å². The summed E-state index contributed by atoms with van der Waals surface area (Å²) >= 11 is 12.2. The number of hydrogen-bond donors (Lipinski definition) is 1. The third-order valence-electron chi connectivity index (χ3n) is 4.43. The summed E-state index contributed by atoms with van der Waals surface area (Å²) in [6.45, 7) is 3.76. The maximum Gasteiger partial charge on any atom is 0.261 e. The highest BCUT2D eigenvalue weighted by Crippen LogP contribution is 2.24. The van der Waals surface area contributed by atoms with Crippen molar-refractivity contribution in [3.63, 3.8) is 0 Å². The van der Waals surface area contributed by atoms with E-state index in [-0.39, 0.29) is 25.0 Å². The second-order valence-corrected chi connectivity index (χ2v) is 7.19. The van der Waals surface area contributed by atoms with Gasteiger partial charge >= 0.3 is 0 Å². The number of para-hydroxylation sites is 1. The van der Waals surface area contributed by atoms with Gasteiger partial charge in [-0.15, -0.1) is 0 Å². The van der Waals surface area contributed by atoms with Crippen LogP contribution in [0.5, 0.6) is 5.75 Å². The number of benzene rings is 2. The van der Waals surface area contributed by atoms with E-state index in [1.807, 2.05) is 32.0 Å². The van der Waals surface area contributed by atoms with Gasteiger partial charge in [-0.25, -0.2) is 0 Å². The average molecular weight is 423 g/mol. The molecule has 2 aromatic rings. The SMILES string of the molecule is CC[C@@H](C(=O)NC)N(Cc1ccc(Cl)cc1Cl)C(=O)COc1ccccc1C. The molecule has 5 nitrogen and oxygen atoms in total. The first kappa shape index (κ1) is 22.1. The normalized spacial score (nSPS) is 11.6. The van der Waals surface area contributed by atoms with Crippen molar-refractivity contribution in [2.45, 2.75) is 32.9 Å². The van der Waals surface area contributed by atoms with Gasteiger partial charge in [0.25, 0.3) is 5.91 Å². The van der Waals surface area contributed by atoms with Gasteiger partial charge in [-0.3, -0.25) is 9.59 Å². The highest BCUT2D eigenvalue weighted by atomic mass is 35.5. The summed E-state index contributed by atoms with van der Waals surface area (Å²) < 4.78 is 5.70. The molecule has 0 saturated carbocycles. The third kappa shape index (κ3) is 5.63. The van der Waals surface area contributed by atoms with Crippen LogP contribution in [0.15, 0.2) is 42.5 Å². The lowest BCUT2D eigenvalue weighted by Crippen LogP contribution is -2.49. The van der Waals surface area contributed by atoms with Crippen molar-refractivity contribution in [1.82, 2.24) is 10.2 Å². The molecule has 0 aromatic heterocycles. The van der Waals surface area contributed by atoms with Crippen molar-refractivity contribution in [2.75, 3.05) is 13.7 Å². The van der Waals surface area contributed by atoms with Gasteiger partial charge in [0, 0.05) is 23.6 Å². The molecule has 0 aliphatic rings. The fourth-order valence-electron chi connectivity index (χ4n) is 2.86. The van der Waals surface area contributed by atoms with Gasteiger partial charge in [-0.1, -0.05) is 54.4 Å². The van der Waals surface area contributed by atoms with Crippen LogP contribution in [0.4, 0.5) is 0 Å². The maximum atomic E-state index is 13.0. The van der Waals surface area contributed by atoms with E-state index >= 15 is 0 Å². The molecule has 0 bridgehead atoms. The molecule has 0 unspecified atom stereocenters. The number of ether oxygens (including phenoxy) is 1. The Balaban J connectivity index is 2.24. The number of amides is 2. The first-order chi connectivity index (χ1) is 13.4.